The third kappa shape index (κ3) is 2.10. The molecule has 1 unspecified atom stereocenters. The van der Waals surface area contributed by atoms with Gasteiger partial charge in [-0.3, -0.25) is 9.53 Å². The number of ether oxygens (including phenoxy) is 1. The second-order valence-corrected chi connectivity index (χ2v) is 2.42. The van der Waals surface area contributed by atoms with Crippen LogP contribution >= 0.6 is 0 Å². The Morgan fingerprint density at radius 1 is 1.67 bits per heavy atom. The van der Waals surface area contributed by atoms with Crippen molar-refractivity contribution in [1.29, 1.82) is 0 Å². The fourth-order valence-electron chi connectivity index (χ4n) is 0.932. The van der Waals surface area contributed by atoms with E-state index in [1.54, 1.807) is 0 Å². The molecule has 0 aromatic rings. The number of halogens is 3. The maximum absolute atomic E-state index is 11.6. The maximum Gasteiger partial charge on any atom is 0.523 e. The second kappa shape index (κ2) is 2.93. The molecule has 1 amide bonds. The van der Waals surface area contributed by atoms with Crippen molar-refractivity contribution in [2.75, 3.05) is 7.05 Å². The van der Waals surface area contributed by atoms with Crippen LogP contribution in [0.4, 0.5) is 13.2 Å². The molecule has 0 aromatic heterocycles. The van der Waals surface area contributed by atoms with Crippen LogP contribution in [-0.2, 0) is 9.53 Å². The van der Waals surface area contributed by atoms with E-state index < -0.39 is 18.4 Å². The molecule has 0 aliphatic carbocycles. The highest BCUT2D eigenvalue weighted by Gasteiger charge is 2.40. The monoisotopic (exact) mass is 182 g/mol. The van der Waals surface area contributed by atoms with Crippen LogP contribution in [-0.4, -0.2) is 30.3 Å². The van der Waals surface area contributed by atoms with Crippen molar-refractivity contribution in [3.63, 3.8) is 0 Å². The molecule has 0 spiro atoms. The zero-order valence-corrected chi connectivity index (χ0v) is 6.26. The first-order valence-electron chi connectivity index (χ1n) is 3.25. The molecule has 0 N–H and O–H groups in total. The van der Waals surface area contributed by atoms with Gasteiger partial charge in [0.1, 0.15) is 6.10 Å². The molecule has 1 aliphatic rings. The normalized spacial score (nSPS) is 25.2. The number of likely N-dealkylation sites (tertiary alicyclic amines) is 1. The van der Waals surface area contributed by atoms with E-state index in [4.69, 9.17) is 0 Å². The van der Waals surface area contributed by atoms with Crippen molar-refractivity contribution >= 4 is 5.91 Å². The van der Waals surface area contributed by atoms with E-state index in [1.807, 2.05) is 0 Å². The Labute approximate surface area is 67.1 Å². The third-order valence-corrected chi connectivity index (χ3v) is 1.49. The van der Waals surface area contributed by atoms with Crippen molar-refractivity contribution in [3.05, 3.63) is 6.54 Å². The van der Waals surface area contributed by atoms with Crippen LogP contribution in [0.2, 0.25) is 0 Å². The predicted molar refractivity (Wildman–Crippen MR) is 32.6 cm³/mol. The van der Waals surface area contributed by atoms with Crippen LogP contribution in [0.15, 0.2) is 0 Å². The first-order chi connectivity index (χ1) is 5.40. The van der Waals surface area contributed by atoms with Gasteiger partial charge in [-0.25, -0.2) is 0 Å². The molecule has 0 saturated carbocycles. The van der Waals surface area contributed by atoms with Crippen LogP contribution in [0.25, 0.3) is 0 Å². The largest absolute Gasteiger partial charge is 0.523 e. The molecular weight excluding hydrogens is 175 g/mol. The lowest BCUT2D eigenvalue weighted by Gasteiger charge is -2.12. The summed E-state index contributed by atoms with van der Waals surface area (Å²) in [7, 11) is 1.39. The Morgan fingerprint density at radius 3 is 2.58 bits per heavy atom. The number of hydrogen-bond acceptors (Lipinski definition) is 2. The van der Waals surface area contributed by atoms with Gasteiger partial charge in [0.2, 0.25) is 0 Å². The minimum atomic E-state index is -4.74. The van der Waals surface area contributed by atoms with E-state index in [2.05, 4.69) is 4.74 Å². The molecule has 6 heteroatoms. The zero-order chi connectivity index (χ0) is 9.35. The average Bonchev–Trinajstić information content (AvgIpc) is 2.16. The molecule has 1 heterocycles. The summed E-state index contributed by atoms with van der Waals surface area (Å²) in [6, 6.07) is 0. The summed E-state index contributed by atoms with van der Waals surface area (Å²) in [5.41, 5.74) is 0. The molecule has 69 valence electrons. The van der Waals surface area contributed by atoms with Gasteiger partial charge < -0.3 is 4.90 Å². The predicted octanol–water partition coefficient (Wildman–Crippen LogP) is 0.915. The van der Waals surface area contributed by atoms with Crippen molar-refractivity contribution in [3.8, 4) is 0 Å². The van der Waals surface area contributed by atoms with Gasteiger partial charge in [-0.15, -0.1) is 13.2 Å². The lowest BCUT2D eigenvalue weighted by atomic mass is 10.3. The quantitative estimate of drug-likeness (QED) is 0.603. The van der Waals surface area contributed by atoms with Gasteiger partial charge in [-0.1, -0.05) is 0 Å². The van der Waals surface area contributed by atoms with Gasteiger partial charge in [0.25, 0.3) is 5.91 Å². The van der Waals surface area contributed by atoms with Crippen LogP contribution < -0.4 is 0 Å². The van der Waals surface area contributed by atoms with Crippen LogP contribution in [0, 0.1) is 6.54 Å². The summed E-state index contributed by atoms with van der Waals surface area (Å²) in [5.74, 6) is -0.660. The molecule has 1 fully saturated rings. The fraction of sp³-hybridized carbons (Fsp3) is 0.667. The number of alkyl halides is 3. The van der Waals surface area contributed by atoms with Gasteiger partial charge in [0, 0.05) is 13.5 Å². The Hall–Kier alpha value is -0.780. The molecule has 0 aromatic carbocycles. The Kier molecular flexibility index (Phi) is 2.27. The number of carbonyl (C=O) groups is 1. The zero-order valence-electron chi connectivity index (χ0n) is 6.26. The van der Waals surface area contributed by atoms with E-state index in [0.29, 0.717) is 0 Å². The highest BCUT2D eigenvalue weighted by Crippen LogP contribution is 2.25. The molecule has 1 rings (SSSR count). The van der Waals surface area contributed by atoms with Gasteiger partial charge in [0.15, 0.2) is 0 Å². The molecule has 1 saturated heterocycles. The summed E-state index contributed by atoms with van der Waals surface area (Å²) in [6.07, 6.45) is -6.15. The topological polar surface area (TPSA) is 29.5 Å². The minimum Gasteiger partial charge on any atom is -0.338 e. The number of likely N-dealkylation sites (N-methyl/N-ethyl adjacent to an activating group) is 1. The van der Waals surface area contributed by atoms with Gasteiger partial charge >= 0.3 is 6.36 Å². The lowest BCUT2D eigenvalue weighted by Crippen LogP contribution is -2.31. The number of hydrogen-bond donors (Lipinski definition) is 0. The van der Waals surface area contributed by atoms with E-state index in [9.17, 15) is 18.0 Å². The Balaban J connectivity index is 2.50. The van der Waals surface area contributed by atoms with Crippen LogP contribution in [0.5, 0.6) is 0 Å². The average molecular weight is 182 g/mol. The second-order valence-electron chi connectivity index (χ2n) is 2.42. The number of amides is 1. The SMILES string of the molecule is CN1[CH]CC(OC(F)(F)F)C1=O. The van der Waals surface area contributed by atoms with Crippen molar-refractivity contribution < 1.29 is 22.7 Å². The van der Waals surface area contributed by atoms with Gasteiger partial charge in [-0.2, -0.15) is 0 Å². The molecular formula is C6H7F3NO2. The minimum absolute atomic E-state index is 0.0190. The van der Waals surface area contributed by atoms with Crippen LogP contribution in [0.1, 0.15) is 6.42 Å². The van der Waals surface area contributed by atoms with Crippen LogP contribution in [0.3, 0.4) is 0 Å². The number of carbonyl (C=O) groups excluding carboxylic acids is 1. The molecule has 0 bridgehead atoms. The number of nitrogens with zero attached hydrogens (tertiary/aromatic N) is 1. The fourth-order valence-corrected chi connectivity index (χ4v) is 0.932. The smallest absolute Gasteiger partial charge is 0.338 e. The summed E-state index contributed by atoms with van der Waals surface area (Å²) in [5, 5.41) is 0. The first kappa shape index (κ1) is 9.31. The van der Waals surface area contributed by atoms with E-state index in [1.165, 1.54) is 13.6 Å². The molecule has 12 heavy (non-hydrogen) atoms. The molecule has 1 aliphatic heterocycles. The van der Waals surface area contributed by atoms with E-state index >= 15 is 0 Å². The lowest BCUT2D eigenvalue weighted by molar-refractivity contribution is -0.336. The highest BCUT2D eigenvalue weighted by molar-refractivity contribution is 5.83. The summed E-state index contributed by atoms with van der Waals surface area (Å²) >= 11 is 0. The molecule has 3 nitrogen and oxygen atoms in total. The molecule has 1 atom stereocenters. The number of rotatable bonds is 1. The van der Waals surface area contributed by atoms with E-state index in [-0.39, 0.29) is 6.42 Å². The van der Waals surface area contributed by atoms with Crippen molar-refractivity contribution in [2.24, 2.45) is 0 Å². The molecule has 1 radical (unpaired) electrons. The van der Waals surface area contributed by atoms with Gasteiger partial charge in [0.05, 0.1) is 6.54 Å². The summed E-state index contributed by atoms with van der Waals surface area (Å²) in [6.45, 7) is 1.36. The Morgan fingerprint density at radius 2 is 2.25 bits per heavy atom. The van der Waals surface area contributed by atoms with Gasteiger partial charge in [-0.05, 0) is 0 Å². The summed E-state index contributed by atoms with van der Waals surface area (Å²) < 4.78 is 38.4. The van der Waals surface area contributed by atoms with Crippen molar-refractivity contribution in [1.82, 2.24) is 4.90 Å². The summed E-state index contributed by atoms with van der Waals surface area (Å²) in [4.78, 5) is 11.9. The third-order valence-electron chi connectivity index (χ3n) is 1.49. The Bertz CT molecular complexity index is 192. The standard InChI is InChI=1S/C6H7F3NO2/c1-10-3-2-4(5(10)11)12-6(7,8)9/h3-4H,2H2,1H3. The highest BCUT2D eigenvalue weighted by atomic mass is 19.4. The maximum atomic E-state index is 11.6. The first-order valence-corrected chi connectivity index (χ1v) is 3.25. The van der Waals surface area contributed by atoms with E-state index in [0.717, 1.165) is 4.90 Å². The van der Waals surface area contributed by atoms with Crippen molar-refractivity contribution in [2.45, 2.75) is 18.9 Å².